The van der Waals surface area contributed by atoms with Crippen LogP contribution in [0.4, 0.5) is 4.79 Å². The van der Waals surface area contributed by atoms with E-state index in [-0.39, 0.29) is 12.1 Å². The van der Waals surface area contributed by atoms with Crippen molar-refractivity contribution in [2.75, 3.05) is 6.54 Å². The lowest BCUT2D eigenvalue weighted by molar-refractivity contribution is -0.0642. The summed E-state index contributed by atoms with van der Waals surface area (Å²) >= 11 is 0. The fraction of sp³-hybridized carbons (Fsp3) is 0.750. The molecule has 0 aromatic carbocycles. The van der Waals surface area contributed by atoms with Gasteiger partial charge >= 0.3 is 6.09 Å². The van der Waals surface area contributed by atoms with Crippen LogP contribution >= 0.6 is 0 Å². The van der Waals surface area contributed by atoms with Gasteiger partial charge < -0.3 is 15.6 Å². The van der Waals surface area contributed by atoms with Crippen LogP contribution in [0.3, 0.4) is 0 Å². The summed E-state index contributed by atoms with van der Waals surface area (Å²) in [5.74, 6) is 0. The maximum absolute atomic E-state index is 11.8. The highest BCUT2D eigenvalue weighted by Gasteiger charge is 2.55. The largest absolute Gasteiger partial charge is 0.438 e. The van der Waals surface area contributed by atoms with Crippen molar-refractivity contribution in [3.63, 3.8) is 0 Å². The van der Waals surface area contributed by atoms with Crippen LogP contribution in [-0.2, 0) is 4.74 Å². The Labute approximate surface area is 102 Å². The minimum atomic E-state index is -0.955. The average Bonchev–Trinajstić information content (AvgIpc) is 2.51. The molecular weight excluding hydrogens is 220 g/mol. The molecule has 1 aliphatic heterocycles. The maximum Gasteiger partial charge on any atom is 0.411 e. The summed E-state index contributed by atoms with van der Waals surface area (Å²) in [5.41, 5.74) is 4.97. The topological polar surface area (TPSA) is 75.8 Å². The standard InChI is InChI=1S/C12H22N2O3/c1-5-7-14-10(8(3)13)12(4,9(15)6-2)17-11(14)16/h5,8-10,15H,1,6-7,13H2,2-4H3. The van der Waals surface area contributed by atoms with Crippen LogP contribution in [0, 0.1) is 0 Å². The minimum Gasteiger partial charge on any atom is -0.438 e. The van der Waals surface area contributed by atoms with Crippen molar-refractivity contribution in [2.45, 2.75) is 51.0 Å². The molecule has 1 amide bonds. The van der Waals surface area contributed by atoms with Crippen molar-refractivity contribution in [3.8, 4) is 0 Å². The first kappa shape index (κ1) is 14.0. The molecule has 5 nitrogen and oxygen atoms in total. The van der Waals surface area contributed by atoms with Crippen molar-refractivity contribution >= 4 is 6.09 Å². The Morgan fingerprint density at radius 1 is 1.76 bits per heavy atom. The van der Waals surface area contributed by atoms with Crippen molar-refractivity contribution < 1.29 is 14.6 Å². The van der Waals surface area contributed by atoms with E-state index in [1.165, 1.54) is 4.90 Å². The molecular formula is C12H22N2O3. The average molecular weight is 242 g/mol. The van der Waals surface area contributed by atoms with Gasteiger partial charge in [0.15, 0.2) is 5.60 Å². The molecule has 0 spiro atoms. The van der Waals surface area contributed by atoms with Crippen LogP contribution in [0.15, 0.2) is 12.7 Å². The van der Waals surface area contributed by atoms with Crippen molar-refractivity contribution in [1.82, 2.24) is 4.90 Å². The van der Waals surface area contributed by atoms with Gasteiger partial charge in [-0.1, -0.05) is 13.0 Å². The molecule has 17 heavy (non-hydrogen) atoms. The highest BCUT2D eigenvalue weighted by atomic mass is 16.6. The number of nitrogens with two attached hydrogens (primary N) is 1. The summed E-state index contributed by atoms with van der Waals surface area (Å²) in [7, 11) is 0. The van der Waals surface area contributed by atoms with Gasteiger partial charge in [0.25, 0.3) is 0 Å². The predicted molar refractivity (Wildman–Crippen MR) is 65.5 cm³/mol. The van der Waals surface area contributed by atoms with Crippen LogP contribution in [0.5, 0.6) is 0 Å². The van der Waals surface area contributed by atoms with Gasteiger partial charge in [-0.15, -0.1) is 6.58 Å². The molecule has 4 unspecified atom stereocenters. The van der Waals surface area contributed by atoms with Gasteiger partial charge in [-0.2, -0.15) is 0 Å². The number of cyclic esters (lactones) is 1. The number of amides is 1. The van der Waals surface area contributed by atoms with Crippen LogP contribution in [0.2, 0.25) is 0 Å². The molecule has 4 atom stereocenters. The van der Waals surface area contributed by atoms with Gasteiger partial charge in [0.1, 0.15) is 0 Å². The summed E-state index contributed by atoms with van der Waals surface area (Å²) in [5, 5.41) is 10.1. The van der Waals surface area contributed by atoms with E-state index in [0.29, 0.717) is 13.0 Å². The maximum atomic E-state index is 11.8. The van der Waals surface area contributed by atoms with E-state index in [4.69, 9.17) is 10.5 Å². The second-order valence-electron chi connectivity index (χ2n) is 4.72. The molecule has 3 N–H and O–H groups in total. The second kappa shape index (κ2) is 5.06. The molecule has 1 heterocycles. The summed E-state index contributed by atoms with van der Waals surface area (Å²) in [6.07, 6.45) is 0.967. The first-order valence-electron chi connectivity index (χ1n) is 5.92. The van der Waals surface area contributed by atoms with Gasteiger partial charge in [0.2, 0.25) is 0 Å². The minimum absolute atomic E-state index is 0.285. The van der Waals surface area contributed by atoms with Crippen LogP contribution in [-0.4, -0.2) is 46.4 Å². The van der Waals surface area contributed by atoms with E-state index in [0.717, 1.165) is 0 Å². The zero-order valence-electron chi connectivity index (χ0n) is 10.7. The highest BCUT2D eigenvalue weighted by Crippen LogP contribution is 2.35. The van der Waals surface area contributed by atoms with E-state index in [9.17, 15) is 9.90 Å². The lowest BCUT2D eigenvalue weighted by Crippen LogP contribution is -2.58. The third kappa shape index (κ3) is 2.30. The van der Waals surface area contributed by atoms with Crippen molar-refractivity contribution in [1.29, 1.82) is 0 Å². The lowest BCUT2D eigenvalue weighted by Gasteiger charge is -2.37. The lowest BCUT2D eigenvalue weighted by atomic mass is 9.85. The smallest absolute Gasteiger partial charge is 0.411 e. The van der Waals surface area contributed by atoms with Gasteiger partial charge in [-0.3, -0.25) is 4.90 Å². The third-order valence-corrected chi connectivity index (χ3v) is 3.34. The summed E-state index contributed by atoms with van der Waals surface area (Å²) in [4.78, 5) is 13.3. The van der Waals surface area contributed by atoms with Crippen LogP contribution < -0.4 is 5.73 Å². The fourth-order valence-electron chi connectivity index (χ4n) is 2.53. The molecule has 0 saturated carbocycles. The van der Waals surface area contributed by atoms with E-state index < -0.39 is 17.8 Å². The molecule has 0 radical (unpaired) electrons. The normalized spacial score (nSPS) is 32.2. The number of hydrogen-bond donors (Lipinski definition) is 2. The summed E-state index contributed by atoms with van der Waals surface area (Å²) in [6.45, 7) is 9.37. The van der Waals surface area contributed by atoms with Gasteiger partial charge in [-0.05, 0) is 20.3 Å². The first-order valence-corrected chi connectivity index (χ1v) is 5.92. The number of nitrogens with zero attached hydrogens (tertiary/aromatic N) is 1. The highest BCUT2D eigenvalue weighted by molar-refractivity contribution is 5.72. The number of aliphatic hydroxyl groups is 1. The van der Waals surface area contributed by atoms with E-state index in [1.807, 2.05) is 13.8 Å². The number of carbonyl (C=O) groups is 1. The third-order valence-electron chi connectivity index (χ3n) is 3.34. The van der Waals surface area contributed by atoms with Crippen LogP contribution in [0.1, 0.15) is 27.2 Å². The Bertz CT molecular complexity index is 306. The monoisotopic (exact) mass is 242 g/mol. The Morgan fingerprint density at radius 3 is 2.76 bits per heavy atom. The van der Waals surface area contributed by atoms with Gasteiger partial charge in [0.05, 0.1) is 12.1 Å². The van der Waals surface area contributed by atoms with Crippen LogP contribution in [0.25, 0.3) is 0 Å². The van der Waals surface area contributed by atoms with Crippen molar-refractivity contribution in [2.24, 2.45) is 5.73 Å². The molecule has 0 aromatic rings. The molecule has 0 aromatic heterocycles. The van der Waals surface area contributed by atoms with Gasteiger partial charge in [0, 0.05) is 12.6 Å². The molecule has 1 fully saturated rings. The molecule has 0 aliphatic carbocycles. The van der Waals surface area contributed by atoms with E-state index >= 15 is 0 Å². The SMILES string of the molecule is C=CCN1C(=O)OC(C)(C(O)CC)C1C(C)N. The summed E-state index contributed by atoms with van der Waals surface area (Å²) < 4.78 is 5.35. The fourth-order valence-corrected chi connectivity index (χ4v) is 2.53. The Hall–Kier alpha value is -1.07. The zero-order valence-corrected chi connectivity index (χ0v) is 10.7. The molecule has 1 saturated heterocycles. The van der Waals surface area contributed by atoms with Gasteiger partial charge in [-0.25, -0.2) is 4.79 Å². The molecule has 0 bridgehead atoms. The number of rotatable bonds is 5. The Morgan fingerprint density at radius 2 is 2.35 bits per heavy atom. The number of aliphatic hydroxyl groups excluding tert-OH is 1. The first-order chi connectivity index (χ1) is 7.88. The zero-order chi connectivity index (χ0) is 13.2. The molecule has 98 valence electrons. The molecule has 5 heteroatoms. The predicted octanol–water partition coefficient (Wildman–Crippen LogP) is 0.870. The van der Waals surface area contributed by atoms with E-state index in [2.05, 4.69) is 6.58 Å². The Kier molecular flexibility index (Phi) is 4.16. The van der Waals surface area contributed by atoms with Crippen molar-refractivity contribution in [3.05, 3.63) is 12.7 Å². The molecule has 1 rings (SSSR count). The number of carbonyl (C=O) groups excluding carboxylic acids is 1. The Balaban J connectivity index is 3.07. The quantitative estimate of drug-likeness (QED) is 0.701. The summed E-state index contributed by atoms with van der Waals surface area (Å²) in [6, 6.07) is -0.629. The number of hydrogen-bond acceptors (Lipinski definition) is 4. The number of ether oxygens (including phenoxy) is 1. The second-order valence-corrected chi connectivity index (χ2v) is 4.72. The van der Waals surface area contributed by atoms with E-state index in [1.54, 1.807) is 13.0 Å². The molecule has 1 aliphatic rings.